The predicted octanol–water partition coefficient (Wildman–Crippen LogP) is 3.08. The highest BCUT2D eigenvalue weighted by molar-refractivity contribution is 14.0. The Balaban J connectivity index is 0.00000480. The molecule has 0 bridgehead atoms. The fourth-order valence-electron chi connectivity index (χ4n) is 3.01. The fourth-order valence-corrected chi connectivity index (χ4v) is 3.01. The Morgan fingerprint density at radius 2 is 1.65 bits per heavy atom. The van der Waals surface area contributed by atoms with E-state index in [-0.39, 0.29) is 29.9 Å². The fraction of sp³-hybridized carbons (Fsp3) is 0.391. The van der Waals surface area contributed by atoms with Crippen molar-refractivity contribution in [3.05, 3.63) is 59.7 Å². The quantitative estimate of drug-likeness (QED) is 0.275. The summed E-state index contributed by atoms with van der Waals surface area (Å²) in [6.07, 6.45) is 1.21. The monoisotopic (exact) mass is 540 g/mol. The van der Waals surface area contributed by atoms with E-state index >= 15 is 0 Å². The van der Waals surface area contributed by atoms with Crippen LogP contribution in [0.4, 0.5) is 0 Å². The van der Waals surface area contributed by atoms with Gasteiger partial charge in [0.1, 0.15) is 0 Å². The standard InChI is InChI=1S/C23H32N4O3.HI/c1-24-23(25-14-12-18-10-11-20(29-3)21(16-18)30-4)26-15-13-22(28)27(2)17-19-8-6-5-7-9-19;/h5-11,16H,12-15,17H2,1-4H3,(H2,24,25,26);1H. The number of ether oxygens (including phenoxy) is 2. The summed E-state index contributed by atoms with van der Waals surface area (Å²) in [5, 5.41) is 6.46. The summed E-state index contributed by atoms with van der Waals surface area (Å²) < 4.78 is 10.6. The molecule has 0 aliphatic heterocycles. The number of methoxy groups -OCH3 is 2. The number of halogens is 1. The van der Waals surface area contributed by atoms with Crippen molar-refractivity contribution in [3.8, 4) is 11.5 Å². The Bertz CT molecular complexity index is 831. The van der Waals surface area contributed by atoms with Crippen LogP contribution >= 0.6 is 24.0 Å². The number of guanidine groups is 1. The number of rotatable bonds is 10. The first kappa shape index (κ1) is 26.5. The molecule has 2 rings (SSSR count). The summed E-state index contributed by atoms with van der Waals surface area (Å²) in [5.41, 5.74) is 2.25. The van der Waals surface area contributed by atoms with Crippen molar-refractivity contribution in [2.75, 3.05) is 41.4 Å². The first-order valence-electron chi connectivity index (χ1n) is 10.0. The minimum absolute atomic E-state index is 0. The van der Waals surface area contributed by atoms with E-state index in [9.17, 15) is 4.79 Å². The number of benzene rings is 2. The van der Waals surface area contributed by atoms with Gasteiger partial charge in [0.15, 0.2) is 17.5 Å². The second-order valence-electron chi connectivity index (χ2n) is 6.85. The Labute approximate surface area is 202 Å². The topological polar surface area (TPSA) is 75.2 Å². The van der Waals surface area contributed by atoms with Gasteiger partial charge in [-0.25, -0.2) is 0 Å². The highest BCUT2D eigenvalue weighted by atomic mass is 127. The van der Waals surface area contributed by atoms with E-state index in [0.29, 0.717) is 37.8 Å². The molecule has 8 heteroatoms. The van der Waals surface area contributed by atoms with Gasteiger partial charge in [0.2, 0.25) is 5.91 Å². The molecule has 31 heavy (non-hydrogen) atoms. The molecule has 0 heterocycles. The second kappa shape index (κ2) is 14.5. The molecule has 2 N–H and O–H groups in total. The van der Waals surface area contributed by atoms with E-state index in [1.54, 1.807) is 26.2 Å². The molecule has 0 atom stereocenters. The van der Waals surface area contributed by atoms with Crippen LogP contribution in [-0.4, -0.2) is 58.2 Å². The van der Waals surface area contributed by atoms with Crippen LogP contribution in [0.1, 0.15) is 17.5 Å². The lowest BCUT2D eigenvalue weighted by Gasteiger charge is -2.18. The lowest BCUT2D eigenvalue weighted by Crippen LogP contribution is -2.40. The third-order valence-electron chi connectivity index (χ3n) is 4.70. The molecule has 0 aromatic heterocycles. The molecule has 7 nitrogen and oxygen atoms in total. The largest absolute Gasteiger partial charge is 0.493 e. The minimum Gasteiger partial charge on any atom is -0.493 e. The molecule has 0 spiro atoms. The molecule has 0 fully saturated rings. The van der Waals surface area contributed by atoms with E-state index in [2.05, 4.69) is 15.6 Å². The van der Waals surface area contributed by atoms with E-state index in [0.717, 1.165) is 23.3 Å². The maximum atomic E-state index is 12.3. The Kier molecular flexibility index (Phi) is 12.4. The SMILES string of the molecule is CN=C(NCCC(=O)N(C)Cc1ccccc1)NCCc1ccc(OC)c(OC)c1.I. The summed E-state index contributed by atoms with van der Waals surface area (Å²) in [6.45, 7) is 1.84. The number of hydrogen-bond donors (Lipinski definition) is 2. The minimum atomic E-state index is 0. The molecule has 2 aromatic rings. The molecular weight excluding hydrogens is 507 g/mol. The number of aliphatic imine (C=N–C) groups is 1. The van der Waals surface area contributed by atoms with Gasteiger partial charge in [-0.05, 0) is 29.7 Å². The van der Waals surface area contributed by atoms with E-state index in [1.807, 2.05) is 55.6 Å². The van der Waals surface area contributed by atoms with Gasteiger partial charge in [0, 0.05) is 40.2 Å². The molecule has 0 saturated carbocycles. The van der Waals surface area contributed by atoms with Gasteiger partial charge in [-0.1, -0.05) is 36.4 Å². The van der Waals surface area contributed by atoms with Crippen molar-refractivity contribution >= 4 is 35.8 Å². The molecule has 1 amide bonds. The Hall–Kier alpha value is -2.49. The molecule has 0 radical (unpaired) electrons. The van der Waals surface area contributed by atoms with Gasteiger partial charge in [0.05, 0.1) is 14.2 Å². The smallest absolute Gasteiger partial charge is 0.224 e. The zero-order chi connectivity index (χ0) is 21.8. The van der Waals surface area contributed by atoms with Crippen LogP contribution in [0.5, 0.6) is 11.5 Å². The summed E-state index contributed by atoms with van der Waals surface area (Å²) in [5.74, 6) is 2.20. The average Bonchev–Trinajstić information content (AvgIpc) is 2.78. The highest BCUT2D eigenvalue weighted by Crippen LogP contribution is 2.27. The van der Waals surface area contributed by atoms with Crippen LogP contribution < -0.4 is 20.1 Å². The molecule has 0 unspecified atom stereocenters. The maximum Gasteiger partial charge on any atom is 0.224 e. The van der Waals surface area contributed by atoms with Crippen LogP contribution in [0.15, 0.2) is 53.5 Å². The van der Waals surface area contributed by atoms with Gasteiger partial charge in [-0.2, -0.15) is 0 Å². The van der Waals surface area contributed by atoms with Gasteiger partial charge in [0.25, 0.3) is 0 Å². The normalized spacial score (nSPS) is 10.6. The van der Waals surface area contributed by atoms with Crippen molar-refractivity contribution in [3.63, 3.8) is 0 Å². The number of carbonyl (C=O) groups excluding carboxylic acids is 1. The number of amides is 1. The first-order chi connectivity index (χ1) is 14.6. The highest BCUT2D eigenvalue weighted by Gasteiger charge is 2.09. The third-order valence-corrected chi connectivity index (χ3v) is 4.70. The number of nitrogens with one attached hydrogen (secondary N) is 2. The summed E-state index contributed by atoms with van der Waals surface area (Å²) >= 11 is 0. The van der Waals surface area contributed by atoms with E-state index < -0.39 is 0 Å². The Morgan fingerprint density at radius 3 is 2.29 bits per heavy atom. The Morgan fingerprint density at radius 1 is 0.968 bits per heavy atom. The molecule has 2 aromatic carbocycles. The van der Waals surface area contributed by atoms with Gasteiger partial charge in [-0.3, -0.25) is 9.79 Å². The van der Waals surface area contributed by atoms with Crippen molar-refractivity contribution in [1.82, 2.24) is 15.5 Å². The summed E-state index contributed by atoms with van der Waals surface area (Å²) in [4.78, 5) is 18.3. The zero-order valence-electron chi connectivity index (χ0n) is 18.7. The van der Waals surface area contributed by atoms with Crippen LogP contribution in [0.25, 0.3) is 0 Å². The van der Waals surface area contributed by atoms with Gasteiger partial charge < -0.3 is 25.0 Å². The maximum absolute atomic E-state index is 12.3. The molecule has 0 aliphatic carbocycles. The van der Waals surface area contributed by atoms with Crippen LogP contribution in [0, 0.1) is 0 Å². The van der Waals surface area contributed by atoms with Crippen LogP contribution in [0.2, 0.25) is 0 Å². The van der Waals surface area contributed by atoms with Crippen molar-refractivity contribution in [2.24, 2.45) is 4.99 Å². The van der Waals surface area contributed by atoms with Crippen molar-refractivity contribution in [1.29, 1.82) is 0 Å². The van der Waals surface area contributed by atoms with E-state index in [1.165, 1.54) is 0 Å². The number of nitrogens with zero attached hydrogens (tertiary/aromatic N) is 2. The zero-order valence-corrected chi connectivity index (χ0v) is 21.0. The molecule has 0 aliphatic rings. The lowest BCUT2D eigenvalue weighted by atomic mass is 10.1. The number of carbonyl (C=O) groups is 1. The van der Waals surface area contributed by atoms with Crippen LogP contribution in [0.3, 0.4) is 0 Å². The van der Waals surface area contributed by atoms with Crippen molar-refractivity contribution < 1.29 is 14.3 Å². The van der Waals surface area contributed by atoms with Gasteiger partial charge in [-0.15, -0.1) is 24.0 Å². The summed E-state index contributed by atoms with van der Waals surface area (Å²) in [6, 6.07) is 15.9. The second-order valence-corrected chi connectivity index (χ2v) is 6.85. The van der Waals surface area contributed by atoms with Gasteiger partial charge >= 0.3 is 0 Å². The number of hydrogen-bond acceptors (Lipinski definition) is 4. The first-order valence-corrected chi connectivity index (χ1v) is 10.0. The average molecular weight is 540 g/mol. The lowest BCUT2D eigenvalue weighted by molar-refractivity contribution is -0.130. The van der Waals surface area contributed by atoms with Crippen molar-refractivity contribution in [2.45, 2.75) is 19.4 Å². The molecule has 170 valence electrons. The van der Waals surface area contributed by atoms with E-state index in [4.69, 9.17) is 9.47 Å². The summed E-state index contributed by atoms with van der Waals surface area (Å²) in [7, 11) is 6.80. The third kappa shape index (κ3) is 9.04. The van der Waals surface area contributed by atoms with Crippen LogP contribution in [-0.2, 0) is 17.8 Å². The molecular formula is C23H33IN4O3. The predicted molar refractivity (Wildman–Crippen MR) is 136 cm³/mol. The molecule has 0 saturated heterocycles.